The summed E-state index contributed by atoms with van der Waals surface area (Å²) in [4.78, 5) is 18.9. The molecule has 0 aromatic carbocycles. The fraction of sp³-hybridized carbons (Fsp3) is 0.684. The number of carbonyl (C=O) groups excluding carboxylic acids is 1. The van der Waals surface area contributed by atoms with Gasteiger partial charge in [-0.2, -0.15) is 0 Å². The van der Waals surface area contributed by atoms with Crippen LogP contribution in [0.25, 0.3) is 0 Å². The lowest BCUT2D eigenvalue weighted by atomic mass is 9.57. The van der Waals surface area contributed by atoms with Crippen molar-refractivity contribution < 1.29 is 9.53 Å². The van der Waals surface area contributed by atoms with Gasteiger partial charge in [-0.05, 0) is 59.2 Å². The Morgan fingerprint density at radius 1 is 1.42 bits per heavy atom. The summed E-state index contributed by atoms with van der Waals surface area (Å²) < 4.78 is 6.59. The van der Waals surface area contributed by atoms with Crippen molar-refractivity contribution in [3.63, 3.8) is 0 Å². The highest BCUT2D eigenvalue weighted by atomic mass is 79.9. The molecule has 1 saturated carbocycles. The Kier molecular flexibility index (Phi) is 4.67. The molecule has 2 aliphatic rings. The predicted octanol–water partition coefficient (Wildman–Crippen LogP) is 4.43. The number of esters is 1. The molecule has 4 nitrogen and oxygen atoms in total. The van der Waals surface area contributed by atoms with Crippen LogP contribution in [0.4, 0.5) is 5.82 Å². The van der Waals surface area contributed by atoms with Gasteiger partial charge in [0.15, 0.2) is 0 Å². The van der Waals surface area contributed by atoms with Crippen molar-refractivity contribution in [3.8, 4) is 0 Å². The van der Waals surface area contributed by atoms with Crippen molar-refractivity contribution in [1.29, 1.82) is 0 Å². The Bertz CT molecular complexity index is 595. The van der Waals surface area contributed by atoms with Gasteiger partial charge in [-0.3, -0.25) is 4.79 Å². The lowest BCUT2D eigenvalue weighted by Gasteiger charge is -2.59. The van der Waals surface area contributed by atoms with Gasteiger partial charge in [0, 0.05) is 35.6 Å². The van der Waals surface area contributed by atoms with Crippen LogP contribution >= 0.6 is 15.9 Å². The minimum absolute atomic E-state index is 0.00263. The Morgan fingerprint density at radius 3 is 2.62 bits per heavy atom. The summed E-state index contributed by atoms with van der Waals surface area (Å²) in [6.45, 7) is 10.4. The smallest absolute Gasteiger partial charge is 0.306 e. The zero-order valence-electron chi connectivity index (χ0n) is 15.0. The SMILES string of the molecule is CC(OC(=O)CC1CC2(C1)CN(c1ccc(Br)cn1)C2)C(C)(C)C. The summed E-state index contributed by atoms with van der Waals surface area (Å²) in [7, 11) is 0. The van der Waals surface area contributed by atoms with Crippen LogP contribution in [-0.2, 0) is 9.53 Å². The van der Waals surface area contributed by atoms with E-state index in [4.69, 9.17) is 4.74 Å². The second-order valence-electron chi connectivity index (χ2n) is 8.67. The van der Waals surface area contributed by atoms with Crippen LogP contribution in [0.15, 0.2) is 22.8 Å². The summed E-state index contributed by atoms with van der Waals surface area (Å²) in [6.07, 6.45) is 4.65. The van der Waals surface area contributed by atoms with Gasteiger partial charge in [-0.25, -0.2) is 4.98 Å². The van der Waals surface area contributed by atoms with Crippen LogP contribution < -0.4 is 4.90 Å². The number of hydrogen-bond donors (Lipinski definition) is 0. The number of anilines is 1. The van der Waals surface area contributed by atoms with Crippen molar-refractivity contribution in [3.05, 3.63) is 22.8 Å². The largest absolute Gasteiger partial charge is 0.462 e. The highest BCUT2D eigenvalue weighted by Crippen LogP contribution is 2.53. The van der Waals surface area contributed by atoms with E-state index < -0.39 is 0 Å². The fourth-order valence-corrected chi connectivity index (χ4v) is 3.94. The van der Waals surface area contributed by atoms with E-state index in [1.54, 1.807) is 0 Å². The predicted molar refractivity (Wildman–Crippen MR) is 98.9 cm³/mol. The van der Waals surface area contributed by atoms with Crippen LogP contribution in [0.5, 0.6) is 0 Å². The summed E-state index contributed by atoms with van der Waals surface area (Å²) in [6, 6.07) is 4.08. The zero-order valence-corrected chi connectivity index (χ0v) is 16.6. The van der Waals surface area contributed by atoms with Gasteiger partial charge in [-0.15, -0.1) is 0 Å². The first-order chi connectivity index (χ1) is 11.2. The average Bonchev–Trinajstić information content (AvgIpc) is 2.40. The molecule has 1 unspecified atom stereocenters. The second kappa shape index (κ2) is 6.32. The number of ether oxygens (including phenoxy) is 1. The Morgan fingerprint density at radius 2 is 2.08 bits per heavy atom. The zero-order chi connectivity index (χ0) is 17.5. The number of halogens is 1. The van der Waals surface area contributed by atoms with Gasteiger partial charge in [0.2, 0.25) is 0 Å². The first kappa shape index (κ1) is 17.7. The molecule has 2 heterocycles. The Labute approximate surface area is 153 Å². The van der Waals surface area contributed by atoms with E-state index in [2.05, 4.69) is 52.7 Å². The van der Waals surface area contributed by atoms with E-state index >= 15 is 0 Å². The minimum atomic E-state index is -0.0401. The summed E-state index contributed by atoms with van der Waals surface area (Å²) in [5, 5.41) is 0. The molecule has 1 aliphatic carbocycles. The topological polar surface area (TPSA) is 42.4 Å². The van der Waals surface area contributed by atoms with Gasteiger partial charge in [0.25, 0.3) is 0 Å². The maximum absolute atomic E-state index is 12.1. The Balaban J connectivity index is 1.41. The maximum atomic E-state index is 12.1. The molecule has 1 saturated heterocycles. The molecule has 1 aromatic rings. The van der Waals surface area contributed by atoms with Crippen molar-refractivity contribution in [1.82, 2.24) is 4.98 Å². The molecule has 0 amide bonds. The minimum Gasteiger partial charge on any atom is -0.462 e. The average molecular weight is 395 g/mol. The highest BCUT2D eigenvalue weighted by molar-refractivity contribution is 9.10. The van der Waals surface area contributed by atoms with E-state index in [-0.39, 0.29) is 17.5 Å². The standard InChI is InChI=1S/C19H27BrN2O2/c1-13(18(2,3)4)24-17(23)7-14-8-19(9-14)11-22(12-19)16-6-5-15(20)10-21-16/h5-6,10,13-14H,7-9,11-12H2,1-4H3. The Hall–Kier alpha value is -1.10. The third kappa shape index (κ3) is 3.76. The van der Waals surface area contributed by atoms with Gasteiger partial charge in [-0.1, -0.05) is 20.8 Å². The van der Waals surface area contributed by atoms with E-state index in [9.17, 15) is 4.79 Å². The molecule has 3 rings (SSSR count). The molecular weight excluding hydrogens is 368 g/mol. The number of aromatic nitrogens is 1. The highest BCUT2D eigenvalue weighted by Gasteiger charge is 2.53. The molecule has 1 atom stereocenters. The van der Waals surface area contributed by atoms with Gasteiger partial charge in [0.05, 0.1) is 0 Å². The van der Waals surface area contributed by atoms with Crippen molar-refractivity contribution in [2.45, 2.75) is 53.1 Å². The van der Waals surface area contributed by atoms with E-state index in [1.807, 2.05) is 19.2 Å². The third-order valence-electron chi connectivity index (χ3n) is 5.51. The second-order valence-corrected chi connectivity index (χ2v) is 9.58. The number of pyridine rings is 1. The molecule has 24 heavy (non-hydrogen) atoms. The number of hydrogen-bond acceptors (Lipinski definition) is 4. The van der Waals surface area contributed by atoms with Gasteiger partial charge < -0.3 is 9.64 Å². The number of carbonyl (C=O) groups is 1. The summed E-state index contributed by atoms with van der Waals surface area (Å²) in [5.74, 6) is 1.50. The van der Waals surface area contributed by atoms with Crippen LogP contribution in [0.2, 0.25) is 0 Å². The van der Waals surface area contributed by atoms with Crippen molar-refractivity contribution in [2.24, 2.45) is 16.7 Å². The fourth-order valence-electron chi connectivity index (χ4n) is 3.71. The number of rotatable bonds is 4. The molecule has 132 valence electrons. The lowest BCUT2D eigenvalue weighted by molar-refractivity contribution is -0.156. The summed E-state index contributed by atoms with van der Waals surface area (Å²) in [5.41, 5.74) is 0.415. The molecule has 1 spiro atoms. The van der Waals surface area contributed by atoms with E-state index in [0.717, 1.165) is 36.2 Å². The molecule has 1 aromatic heterocycles. The molecule has 0 radical (unpaired) electrons. The van der Waals surface area contributed by atoms with Gasteiger partial charge >= 0.3 is 5.97 Å². The molecule has 5 heteroatoms. The van der Waals surface area contributed by atoms with Crippen molar-refractivity contribution in [2.75, 3.05) is 18.0 Å². The first-order valence-corrected chi connectivity index (χ1v) is 9.52. The van der Waals surface area contributed by atoms with Crippen LogP contribution in [0.1, 0.15) is 47.0 Å². The van der Waals surface area contributed by atoms with E-state index in [0.29, 0.717) is 17.8 Å². The maximum Gasteiger partial charge on any atom is 0.306 e. The van der Waals surface area contributed by atoms with Crippen LogP contribution in [-0.4, -0.2) is 30.1 Å². The molecule has 0 bridgehead atoms. The van der Waals surface area contributed by atoms with Crippen LogP contribution in [0, 0.1) is 16.7 Å². The third-order valence-corrected chi connectivity index (χ3v) is 5.98. The number of nitrogens with zero attached hydrogens (tertiary/aromatic N) is 2. The molecule has 0 N–H and O–H groups in total. The lowest BCUT2D eigenvalue weighted by Crippen LogP contribution is -2.62. The van der Waals surface area contributed by atoms with Crippen LogP contribution in [0.3, 0.4) is 0 Å². The monoisotopic (exact) mass is 394 g/mol. The van der Waals surface area contributed by atoms with E-state index in [1.165, 1.54) is 0 Å². The molecular formula is C19H27BrN2O2. The quantitative estimate of drug-likeness (QED) is 0.708. The van der Waals surface area contributed by atoms with Crippen molar-refractivity contribution >= 4 is 27.7 Å². The first-order valence-electron chi connectivity index (χ1n) is 8.73. The summed E-state index contributed by atoms with van der Waals surface area (Å²) >= 11 is 3.42. The molecule has 1 aliphatic heterocycles. The molecule has 2 fully saturated rings. The van der Waals surface area contributed by atoms with Gasteiger partial charge in [0.1, 0.15) is 11.9 Å². The normalized spacial score (nSPS) is 21.1.